The molecule has 3 aliphatic rings. The molecule has 2 N–H and O–H groups in total. The van der Waals surface area contributed by atoms with Gasteiger partial charge in [0.05, 0.1) is 24.9 Å². The molecular weight excluding hydrogens is 496 g/mol. The first-order chi connectivity index (χ1) is 17.7. The van der Waals surface area contributed by atoms with Gasteiger partial charge in [0.2, 0.25) is 16.0 Å². The van der Waals surface area contributed by atoms with Crippen molar-refractivity contribution in [2.45, 2.75) is 56.7 Å². The number of ether oxygens (including phenoxy) is 1. The number of aromatic nitrogens is 3. The maximum absolute atomic E-state index is 12.8. The molecule has 0 spiro atoms. The minimum Gasteiger partial charge on any atom is -0.388 e. The minimum atomic E-state index is -3.47. The topological polar surface area (TPSA) is 130 Å². The Morgan fingerprint density at radius 2 is 1.95 bits per heavy atom. The van der Waals surface area contributed by atoms with Crippen molar-refractivity contribution >= 4 is 27.0 Å². The average molecular weight is 533 g/mol. The SMILES string of the molecule is C[C@@]1(O)CCC[C@H]1n1c(=O)ccc2cnc(NC3CCN(S(=O)(=O)/C=C/CN4CCOCC4)CC3)nc21. The molecule has 3 fully saturated rings. The summed E-state index contributed by atoms with van der Waals surface area (Å²) in [6, 6.07) is 2.88. The minimum absolute atomic E-state index is 0.0136. The van der Waals surface area contributed by atoms with Crippen LogP contribution in [0.2, 0.25) is 0 Å². The summed E-state index contributed by atoms with van der Waals surface area (Å²) in [6.07, 6.45) is 6.85. The molecule has 0 amide bonds. The Hall–Kier alpha value is -2.38. The quantitative estimate of drug-likeness (QED) is 0.542. The molecule has 5 rings (SSSR count). The number of anilines is 1. The second-order valence-corrected chi connectivity index (χ2v) is 12.2. The second-order valence-electron chi connectivity index (χ2n) is 10.4. The third kappa shape index (κ3) is 5.88. The number of morpholine rings is 1. The summed E-state index contributed by atoms with van der Waals surface area (Å²) in [5, 5.41) is 16.2. The van der Waals surface area contributed by atoms with E-state index in [0.717, 1.165) is 24.9 Å². The molecule has 4 heterocycles. The lowest BCUT2D eigenvalue weighted by Gasteiger charge is -2.31. The van der Waals surface area contributed by atoms with E-state index in [-0.39, 0.29) is 17.6 Å². The van der Waals surface area contributed by atoms with E-state index in [1.165, 1.54) is 15.8 Å². The summed E-state index contributed by atoms with van der Waals surface area (Å²) in [7, 11) is -3.47. The van der Waals surface area contributed by atoms with E-state index in [2.05, 4.69) is 20.2 Å². The lowest BCUT2D eigenvalue weighted by Crippen LogP contribution is -2.42. The van der Waals surface area contributed by atoms with Crippen molar-refractivity contribution in [1.29, 1.82) is 0 Å². The zero-order chi connectivity index (χ0) is 26.0. The van der Waals surface area contributed by atoms with E-state index < -0.39 is 15.6 Å². The van der Waals surface area contributed by atoms with Crippen LogP contribution in [0.1, 0.15) is 45.1 Å². The van der Waals surface area contributed by atoms with Crippen LogP contribution in [0.25, 0.3) is 11.0 Å². The Bertz CT molecular complexity index is 1300. The molecule has 202 valence electrons. The van der Waals surface area contributed by atoms with Gasteiger partial charge in [0, 0.05) is 61.8 Å². The van der Waals surface area contributed by atoms with Gasteiger partial charge in [-0.1, -0.05) is 6.08 Å². The molecule has 0 aromatic carbocycles. The maximum Gasteiger partial charge on any atom is 0.252 e. The number of pyridine rings is 1. The van der Waals surface area contributed by atoms with Gasteiger partial charge in [0.1, 0.15) is 5.65 Å². The monoisotopic (exact) mass is 532 g/mol. The average Bonchev–Trinajstić information content (AvgIpc) is 3.23. The van der Waals surface area contributed by atoms with Crippen LogP contribution in [0.3, 0.4) is 0 Å². The number of hydrogen-bond acceptors (Lipinski definition) is 9. The van der Waals surface area contributed by atoms with Gasteiger partial charge in [-0.2, -0.15) is 9.29 Å². The predicted molar refractivity (Wildman–Crippen MR) is 141 cm³/mol. The van der Waals surface area contributed by atoms with Crippen LogP contribution in [0.5, 0.6) is 0 Å². The van der Waals surface area contributed by atoms with Crippen molar-refractivity contribution in [3.8, 4) is 0 Å². The molecule has 0 unspecified atom stereocenters. The third-order valence-electron chi connectivity index (χ3n) is 7.74. The van der Waals surface area contributed by atoms with Crippen LogP contribution >= 0.6 is 0 Å². The largest absolute Gasteiger partial charge is 0.388 e. The van der Waals surface area contributed by atoms with Crippen LogP contribution in [-0.4, -0.2) is 94.8 Å². The van der Waals surface area contributed by atoms with Gasteiger partial charge in [0.25, 0.3) is 5.56 Å². The van der Waals surface area contributed by atoms with Gasteiger partial charge in [-0.25, -0.2) is 13.4 Å². The predicted octanol–water partition coefficient (Wildman–Crippen LogP) is 1.32. The molecule has 2 saturated heterocycles. The summed E-state index contributed by atoms with van der Waals surface area (Å²) in [5.74, 6) is 0.399. The molecule has 11 nitrogen and oxygen atoms in total. The number of fused-ring (bicyclic) bond motifs is 1. The van der Waals surface area contributed by atoms with Crippen LogP contribution in [0.4, 0.5) is 5.95 Å². The van der Waals surface area contributed by atoms with E-state index >= 15 is 0 Å². The Labute approximate surface area is 217 Å². The number of piperidine rings is 1. The summed E-state index contributed by atoms with van der Waals surface area (Å²) in [5.41, 5.74) is -0.655. The summed E-state index contributed by atoms with van der Waals surface area (Å²) in [6.45, 7) is 6.18. The first-order valence-electron chi connectivity index (χ1n) is 13.1. The van der Waals surface area contributed by atoms with Crippen LogP contribution in [-0.2, 0) is 14.8 Å². The van der Waals surface area contributed by atoms with Crippen molar-refractivity contribution < 1.29 is 18.3 Å². The second kappa shape index (κ2) is 10.8. The van der Waals surface area contributed by atoms with Crippen molar-refractivity contribution in [2.24, 2.45) is 0 Å². The highest BCUT2D eigenvalue weighted by atomic mass is 32.2. The van der Waals surface area contributed by atoms with Gasteiger partial charge < -0.3 is 15.2 Å². The van der Waals surface area contributed by atoms with Crippen LogP contribution in [0.15, 0.2) is 34.6 Å². The molecule has 2 aromatic rings. The Morgan fingerprint density at radius 3 is 2.65 bits per heavy atom. The lowest BCUT2D eigenvalue weighted by molar-refractivity contribution is 0.0267. The first-order valence-corrected chi connectivity index (χ1v) is 14.6. The number of sulfonamides is 1. The standard InChI is InChI=1S/C25H36N6O5S/c1-25(33)9-2-4-21(25)31-22(32)6-5-19-18-26-24(28-23(19)31)27-20-7-11-30(12-8-20)37(34,35)17-3-10-29-13-15-36-16-14-29/h3,5-6,17-18,20-21,33H,2,4,7-16H2,1H3,(H,26,27,28)/b17-3+/t21-,25-/m1/s1. The molecule has 12 heteroatoms. The van der Waals surface area contributed by atoms with E-state index in [1.54, 1.807) is 29.8 Å². The lowest BCUT2D eigenvalue weighted by atomic mass is 10.00. The highest BCUT2D eigenvalue weighted by Gasteiger charge is 2.39. The fourth-order valence-electron chi connectivity index (χ4n) is 5.57. The Kier molecular flexibility index (Phi) is 7.64. The highest BCUT2D eigenvalue weighted by Crippen LogP contribution is 2.39. The van der Waals surface area contributed by atoms with Crippen LogP contribution in [0, 0.1) is 0 Å². The number of rotatable bonds is 7. The molecule has 2 atom stereocenters. The number of nitrogens with zero attached hydrogens (tertiary/aromatic N) is 5. The van der Waals surface area contributed by atoms with Gasteiger partial charge >= 0.3 is 0 Å². The van der Waals surface area contributed by atoms with Crippen LogP contribution < -0.4 is 10.9 Å². The van der Waals surface area contributed by atoms with Crippen molar-refractivity contribution in [2.75, 3.05) is 51.3 Å². The third-order valence-corrected chi connectivity index (χ3v) is 9.36. The normalized spacial score (nSPS) is 26.8. The molecule has 1 saturated carbocycles. The van der Waals surface area contributed by atoms with Crippen molar-refractivity contribution in [1.82, 2.24) is 23.7 Å². The van der Waals surface area contributed by atoms with Gasteiger partial charge in [-0.05, 0) is 45.1 Å². The van der Waals surface area contributed by atoms with Gasteiger partial charge in [-0.3, -0.25) is 14.3 Å². The maximum atomic E-state index is 12.8. The molecule has 1 aliphatic carbocycles. The van der Waals surface area contributed by atoms with E-state index in [1.807, 2.05) is 0 Å². The zero-order valence-corrected chi connectivity index (χ0v) is 22.1. The molecular formula is C25H36N6O5S. The van der Waals surface area contributed by atoms with Gasteiger partial charge in [0.15, 0.2) is 0 Å². The van der Waals surface area contributed by atoms with E-state index in [0.29, 0.717) is 70.1 Å². The molecule has 2 aromatic heterocycles. The number of nitrogens with one attached hydrogen (secondary N) is 1. The number of aliphatic hydroxyl groups is 1. The van der Waals surface area contributed by atoms with Crippen molar-refractivity contribution in [3.63, 3.8) is 0 Å². The highest BCUT2D eigenvalue weighted by molar-refractivity contribution is 7.92. The van der Waals surface area contributed by atoms with Gasteiger partial charge in [-0.15, -0.1) is 0 Å². The Balaban J connectivity index is 1.23. The molecule has 2 aliphatic heterocycles. The molecule has 0 radical (unpaired) electrons. The Morgan fingerprint density at radius 1 is 1.19 bits per heavy atom. The van der Waals surface area contributed by atoms with Crippen molar-refractivity contribution in [3.05, 3.63) is 40.2 Å². The zero-order valence-electron chi connectivity index (χ0n) is 21.3. The smallest absolute Gasteiger partial charge is 0.252 e. The number of hydrogen-bond donors (Lipinski definition) is 2. The summed E-state index contributed by atoms with van der Waals surface area (Å²) >= 11 is 0. The van der Waals surface area contributed by atoms with E-state index in [4.69, 9.17) is 4.74 Å². The fourth-order valence-corrected chi connectivity index (χ4v) is 6.79. The fraction of sp³-hybridized carbons (Fsp3) is 0.640. The summed E-state index contributed by atoms with van der Waals surface area (Å²) in [4.78, 5) is 24.1. The first kappa shape index (κ1) is 26.2. The molecule has 0 bridgehead atoms. The summed E-state index contributed by atoms with van der Waals surface area (Å²) < 4.78 is 34.0. The van der Waals surface area contributed by atoms with E-state index in [9.17, 15) is 18.3 Å². The molecule has 37 heavy (non-hydrogen) atoms.